The minimum Gasteiger partial charge on any atom is -0.383 e. The van der Waals surface area contributed by atoms with Gasteiger partial charge in [0.1, 0.15) is 22.7 Å². The van der Waals surface area contributed by atoms with Crippen molar-refractivity contribution in [2.45, 2.75) is 44.2 Å². The van der Waals surface area contributed by atoms with E-state index in [1.54, 1.807) is 32.2 Å². The molecule has 0 saturated heterocycles. The molecule has 0 bridgehead atoms. The lowest BCUT2D eigenvalue weighted by atomic mass is 9.78. The summed E-state index contributed by atoms with van der Waals surface area (Å²) in [6.45, 7) is 3.47. The van der Waals surface area contributed by atoms with Gasteiger partial charge >= 0.3 is 12.1 Å². The predicted octanol–water partition coefficient (Wildman–Crippen LogP) is 3.86. The van der Waals surface area contributed by atoms with Crippen LogP contribution in [0.2, 0.25) is 0 Å². The van der Waals surface area contributed by atoms with Crippen LogP contribution in [0.4, 0.5) is 33.6 Å². The molecule has 1 aliphatic heterocycles. The van der Waals surface area contributed by atoms with E-state index in [9.17, 15) is 26.7 Å². The number of hydrogen-bond acceptors (Lipinski definition) is 7. The SMILES string of the molecule is Cc1ccc(C2(C)C(=O)Nc3nc(-c4cn5ccnc5c(CCC(F)(F)C(F)(F)F)n4)nc(N)c32)cn1. The van der Waals surface area contributed by atoms with E-state index < -0.39 is 36.3 Å². The first-order valence-electron chi connectivity index (χ1n) is 11.0. The number of amides is 1. The van der Waals surface area contributed by atoms with Gasteiger partial charge in [0.2, 0.25) is 5.91 Å². The number of rotatable bonds is 5. The lowest BCUT2D eigenvalue weighted by molar-refractivity contribution is -0.284. The molecule has 0 radical (unpaired) electrons. The normalized spacial score (nSPS) is 17.8. The second-order valence-corrected chi connectivity index (χ2v) is 8.86. The van der Waals surface area contributed by atoms with Crippen molar-refractivity contribution in [1.29, 1.82) is 0 Å². The molecule has 1 aliphatic rings. The predicted molar refractivity (Wildman–Crippen MR) is 122 cm³/mol. The van der Waals surface area contributed by atoms with E-state index in [0.717, 1.165) is 5.69 Å². The van der Waals surface area contributed by atoms with Crippen LogP contribution in [0.15, 0.2) is 36.9 Å². The van der Waals surface area contributed by atoms with Crippen LogP contribution in [-0.2, 0) is 16.6 Å². The van der Waals surface area contributed by atoms with Crippen molar-refractivity contribution < 1.29 is 26.7 Å². The Morgan fingerprint density at radius 3 is 2.54 bits per heavy atom. The van der Waals surface area contributed by atoms with Crippen molar-refractivity contribution in [3.05, 3.63) is 59.4 Å². The molecule has 5 heterocycles. The average Bonchev–Trinajstić information content (AvgIpc) is 3.40. The average molecular weight is 518 g/mol. The fourth-order valence-corrected chi connectivity index (χ4v) is 4.25. The number of alkyl halides is 5. The number of nitrogens with two attached hydrogens (primary N) is 1. The Morgan fingerprint density at radius 2 is 1.86 bits per heavy atom. The standard InChI is InChI=1S/C23H19F5N8O/c1-11-3-4-12(9-31-11)21(2)15-16(29)33-17(34-18(15)35-20(21)37)14-10-36-8-7-30-19(36)13(32-14)5-6-22(24,25)23(26,27)28/h3-4,7-10H,5-6H2,1-2H3,(H3,29,33,34,35,37). The summed E-state index contributed by atoms with van der Waals surface area (Å²) in [7, 11) is 0. The van der Waals surface area contributed by atoms with Gasteiger partial charge in [-0.05, 0) is 31.9 Å². The molecular formula is C23H19F5N8O. The molecule has 14 heteroatoms. The van der Waals surface area contributed by atoms with Crippen LogP contribution in [0.25, 0.3) is 17.2 Å². The van der Waals surface area contributed by atoms with Gasteiger partial charge in [-0.1, -0.05) is 6.07 Å². The summed E-state index contributed by atoms with van der Waals surface area (Å²) < 4.78 is 66.6. The molecule has 3 N–H and O–H groups in total. The quantitative estimate of drug-likeness (QED) is 0.385. The van der Waals surface area contributed by atoms with E-state index in [-0.39, 0.29) is 34.5 Å². The smallest absolute Gasteiger partial charge is 0.383 e. The summed E-state index contributed by atoms with van der Waals surface area (Å²) in [6.07, 6.45) is -2.08. The Bertz CT molecular complexity index is 1530. The van der Waals surface area contributed by atoms with Gasteiger partial charge in [0.15, 0.2) is 11.5 Å². The number of halogens is 5. The molecule has 192 valence electrons. The van der Waals surface area contributed by atoms with Crippen LogP contribution in [0, 0.1) is 6.92 Å². The Labute approximate surface area is 206 Å². The highest BCUT2D eigenvalue weighted by Crippen LogP contribution is 2.45. The van der Waals surface area contributed by atoms with Gasteiger partial charge in [0, 0.05) is 36.9 Å². The summed E-state index contributed by atoms with van der Waals surface area (Å²) in [6, 6.07) is 3.51. The maximum atomic E-state index is 13.6. The van der Waals surface area contributed by atoms with Gasteiger partial charge < -0.3 is 15.5 Å². The van der Waals surface area contributed by atoms with Gasteiger partial charge in [-0.3, -0.25) is 9.78 Å². The van der Waals surface area contributed by atoms with E-state index in [2.05, 4.69) is 30.2 Å². The van der Waals surface area contributed by atoms with Crippen molar-refractivity contribution in [3.63, 3.8) is 0 Å². The van der Waals surface area contributed by atoms with Crippen molar-refractivity contribution in [3.8, 4) is 11.5 Å². The molecule has 1 amide bonds. The summed E-state index contributed by atoms with van der Waals surface area (Å²) in [5, 5.41) is 2.69. The number of aryl methyl sites for hydroxylation is 2. The summed E-state index contributed by atoms with van der Waals surface area (Å²) in [4.78, 5) is 34.2. The molecule has 1 atom stereocenters. The minimum absolute atomic E-state index is 0.0286. The zero-order valence-corrected chi connectivity index (χ0v) is 19.4. The number of carbonyl (C=O) groups excluding carboxylic acids is 1. The zero-order valence-electron chi connectivity index (χ0n) is 19.4. The minimum atomic E-state index is -5.69. The van der Waals surface area contributed by atoms with Crippen LogP contribution in [0.5, 0.6) is 0 Å². The first-order chi connectivity index (χ1) is 17.3. The zero-order chi connectivity index (χ0) is 26.8. The van der Waals surface area contributed by atoms with E-state index in [1.807, 2.05) is 0 Å². The van der Waals surface area contributed by atoms with E-state index in [4.69, 9.17) is 5.73 Å². The van der Waals surface area contributed by atoms with E-state index in [1.165, 1.54) is 23.0 Å². The molecule has 0 aliphatic carbocycles. The van der Waals surface area contributed by atoms with Crippen LogP contribution >= 0.6 is 0 Å². The Morgan fingerprint density at radius 1 is 1.11 bits per heavy atom. The molecular weight excluding hydrogens is 499 g/mol. The summed E-state index contributed by atoms with van der Waals surface area (Å²) >= 11 is 0. The lowest BCUT2D eigenvalue weighted by Gasteiger charge is -2.23. The second-order valence-electron chi connectivity index (χ2n) is 8.86. The highest BCUT2D eigenvalue weighted by atomic mass is 19.4. The molecule has 4 aromatic rings. The van der Waals surface area contributed by atoms with Crippen molar-refractivity contribution in [2.24, 2.45) is 0 Å². The van der Waals surface area contributed by atoms with Gasteiger partial charge in [0.25, 0.3) is 0 Å². The molecule has 4 aromatic heterocycles. The summed E-state index contributed by atoms with van der Waals surface area (Å²) in [5.74, 6) is -5.25. The fourth-order valence-electron chi connectivity index (χ4n) is 4.25. The van der Waals surface area contributed by atoms with Crippen molar-refractivity contribution >= 4 is 23.2 Å². The third-order valence-electron chi connectivity index (χ3n) is 6.37. The van der Waals surface area contributed by atoms with Crippen LogP contribution in [0.1, 0.15) is 35.9 Å². The molecule has 0 aromatic carbocycles. The molecule has 0 fully saturated rings. The monoisotopic (exact) mass is 518 g/mol. The Hall–Kier alpha value is -4.23. The number of imidazole rings is 1. The maximum absolute atomic E-state index is 13.6. The second kappa shape index (κ2) is 8.15. The number of nitrogens with zero attached hydrogens (tertiary/aromatic N) is 6. The van der Waals surface area contributed by atoms with Crippen LogP contribution in [-0.4, -0.2) is 47.3 Å². The third-order valence-corrected chi connectivity index (χ3v) is 6.37. The highest BCUT2D eigenvalue weighted by molar-refractivity contribution is 6.09. The van der Waals surface area contributed by atoms with Gasteiger partial charge in [0.05, 0.1) is 11.3 Å². The van der Waals surface area contributed by atoms with Gasteiger partial charge in [-0.15, -0.1) is 0 Å². The Balaban J connectivity index is 1.57. The molecule has 37 heavy (non-hydrogen) atoms. The third kappa shape index (κ3) is 3.92. The number of anilines is 2. The first kappa shape index (κ1) is 24.5. The molecule has 9 nitrogen and oxygen atoms in total. The topological polar surface area (TPSA) is 124 Å². The van der Waals surface area contributed by atoms with E-state index in [0.29, 0.717) is 11.1 Å². The number of hydrogen-bond donors (Lipinski definition) is 2. The number of pyridine rings is 1. The molecule has 0 saturated carbocycles. The number of nitrogen functional groups attached to an aromatic ring is 1. The number of nitrogens with one attached hydrogen (secondary N) is 1. The van der Waals surface area contributed by atoms with Crippen molar-refractivity contribution in [1.82, 2.24) is 29.3 Å². The number of carbonyl (C=O) groups is 1. The van der Waals surface area contributed by atoms with Gasteiger partial charge in [-0.2, -0.15) is 22.0 Å². The van der Waals surface area contributed by atoms with Crippen molar-refractivity contribution in [2.75, 3.05) is 11.1 Å². The van der Waals surface area contributed by atoms with E-state index >= 15 is 0 Å². The highest BCUT2D eigenvalue weighted by Gasteiger charge is 2.56. The molecule has 1 unspecified atom stereocenters. The van der Waals surface area contributed by atoms with Crippen LogP contribution < -0.4 is 11.1 Å². The number of fused-ring (bicyclic) bond motifs is 2. The number of aromatic nitrogens is 6. The Kier molecular flexibility index (Phi) is 5.39. The molecule has 0 spiro atoms. The lowest BCUT2D eigenvalue weighted by Crippen LogP contribution is -2.36. The fraction of sp³-hybridized carbons (Fsp3) is 0.304. The van der Waals surface area contributed by atoms with Gasteiger partial charge in [-0.25, -0.2) is 19.9 Å². The summed E-state index contributed by atoms with van der Waals surface area (Å²) in [5.41, 5.74) is 6.77. The maximum Gasteiger partial charge on any atom is 0.453 e. The van der Waals surface area contributed by atoms with Crippen LogP contribution in [0.3, 0.4) is 0 Å². The molecule has 5 rings (SSSR count). The largest absolute Gasteiger partial charge is 0.453 e. The first-order valence-corrected chi connectivity index (χ1v) is 11.0.